The van der Waals surface area contributed by atoms with Crippen molar-refractivity contribution in [2.24, 2.45) is 11.5 Å². The summed E-state index contributed by atoms with van der Waals surface area (Å²) < 4.78 is 0. The normalized spacial score (nSPS) is 20.6. The Labute approximate surface area is 101 Å². The van der Waals surface area contributed by atoms with Crippen LogP contribution in [0, 0.1) is 0 Å². The first kappa shape index (κ1) is 12.0. The van der Waals surface area contributed by atoms with Crippen molar-refractivity contribution in [2.45, 2.75) is 32.0 Å². The summed E-state index contributed by atoms with van der Waals surface area (Å²) >= 11 is 0. The molecular weight excluding hydrogens is 216 g/mol. The van der Waals surface area contributed by atoms with Crippen LogP contribution in [0.25, 0.3) is 0 Å². The van der Waals surface area contributed by atoms with Crippen molar-refractivity contribution in [1.29, 1.82) is 0 Å². The van der Waals surface area contributed by atoms with Crippen LogP contribution in [0.4, 0.5) is 0 Å². The van der Waals surface area contributed by atoms with Gasteiger partial charge in [0, 0.05) is 19.3 Å². The van der Waals surface area contributed by atoms with E-state index in [4.69, 9.17) is 11.5 Å². The minimum atomic E-state index is -0.235. The van der Waals surface area contributed by atoms with Crippen LogP contribution in [0.3, 0.4) is 0 Å². The van der Waals surface area contributed by atoms with Gasteiger partial charge in [-0.2, -0.15) is 0 Å². The Balaban J connectivity index is 2.12. The number of carbonyl (C=O) groups excluding carboxylic acids is 1. The lowest BCUT2D eigenvalue weighted by molar-refractivity contribution is -0.122. The van der Waals surface area contributed by atoms with Crippen molar-refractivity contribution in [3.05, 3.63) is 29.6 Å². The van der Waals surface area contributed by atoms with E-state index in [1.165, 1.54) is 0 Å². The van der Waals surface area contributed by atoms with Gasteiger partial charge < -0.3 is 11.5 Å². The summed E-state index contributed by atoms with van der Waals surface area (Å²) in [5.41, 5.74) is 13.0. The molecule has 0 spiro atoms. The SMILES string of the molecule is NCc1ncccc1CN1CCCC1C(N)=O. The van der Waals surface area contributed by atoms with Crippen LogP contribution >= 0.6 is 0 Å². The molecule has 4 N–H and O–H groups in total. The van der Waals surface area contributed by atoms with Crippen molar-refractivity contribution < 1.29 is 4.79 Å². The maximum Gasteiger partial charge on any atom is 0.234 e. The van der Waals surface area contributed by atoms with Crippen molar-refractivity contribution >= 4 is 5.91 Å². The maximum absolute atomic E-state index is 11.3. The van der Waals surface area contributed by atoms with E-state index in [0.29, 0.717) is 13.1 Å². The predicted octanol–water partition coefficient (Wildman–Crippen LogP) is -0.01000. The quantitative estimate of drug-likeness (QED) is 0.767. The molecule has 2 heterocycles. The number of aromatic nitrogens is 1. The average Bonchev–Trinajstić information content (AvgIpc) is 2.78. The number of nitrogens with zero attached hydrogens (tertiary/aromatic N) is 2. The number of hydrogen-bond donors (Lipinski definition) is 2. The van der Waals surface area contributed by atoms with Gasteiger partial charge in [-0.1, -0.05) is 6.07 Å². The smallest absolute Gasteiger partial charge is 0.234 e. The molecule has 1 amide bonds. The van der Waals surface area contributed by atoms with Crippen LogP contribution in [0.15, 0.2) is 18.3 Å². The molecule has 1 aliphatic rings. The number of nitrogens with two attached hydrogens (primary N) is 2. The average molecular weight is 234 g/mol. The minimum Gasteiger partial charge on any atom is -0.368 e. The number of carbonyl (C=O) groups is 1. The number of pyridine rings is 1. The molecule has 1 aliphatic heterocycles. The third-order valence-electron chi connectivity index (χ3n) is 3.24. The minimum absolute atomic E-state index is 0.138. The van der Waals surface area contributed by atoms with Crippen LogP contribution in [-0.4, -0.2) is 28.4 Å². The summed E-state index contributed by atoms with van der Waals surface area (Å²) in [6.07, 6.45) is 3.61. The van der Waals surface area contributed by atoms with E-state index in [9.17, 15) is 4.79 Å². The Hall–Kier alpha value is -1.46. The van der Waals surface area contributed by atoms with Gasteiger partial charge in [0.05, 0.1) is 11.7 Å². The van der Waals surface area contributed by atoms with Gasteiger partial charge in [-0.3, -0.25) is 14.7 Å². The highest BCUT2D eigenvalue weighted by molar-refractivity contribution is 5.80. The van der Waals surface area contributed by atoms with Crippen LogP contribution in [-0.2, 0) is 17.9 Å². The van der Waals surface area contributed by atoms with E-state index in [2.05, 4.69) is 9.88 Å². The fourth-order valence-corrected chi connectivity index (χ4v) is 2.36. The number of likely N-dealkylation sites (tertiary alicyclic amines) is 1. The number of primary amides is 1. The summed E-state index contributed by atoms with van der Waals surface area (Å²) in [6, 6.07) is 3.76. The Kier molecular flexibility index (Phi) is 3.71. The summed E-state index contributed by atoms with van der Waals surface area (Å²) in [5.74, 6) is -0.235. The molecule has 17 heavy (non-hydrogen) atoms. The zero-order valence-electron chi connectivity index (χ0n) is 9.80. The lowest BCUT2D eigenvalue weighted by atomic mass is 10.1. The van der Waals surface area contributed by atoms with Gasteiger partial charge in [0.2, 0.25) is 5.91 Å². The molecule has 0 aliphatic carbocycles. The number of amides is 1. The molecule has 2 rings (SSSR count). The largest absolute Gasteiger partial charge is 0.368 e. The van der Waals surface area contributed by atoms with E-state index in [0.717, 1.165) is 30.6 Å². The van der Waals surface area contributed by atoms with Crippen molar-refractivity contribution in [2.75, 3.05) is 6.54 Å². The monoisotopic (exact) mass is 234 g/mol. The topological polar surface area (TPSA) is 85.2 Å². The Bertz CT molecular complexity index is 407. The van der Waals surface area contributed by atoms with Crippen LogP contribution < -0.4 is 11.5 Å². The molecule has 1 aromatic rings. The van der Waals surface area contributed by atoms with Crippen LogP contribution in [0.1, 0.15) is 24.1 Å². The van der Waals surface area contributed by atoms with Gasteiger partial charge in [-0.15, -0.1) is 0 Å². The first-order valence-corrected chi connectivity index (χ1v) is 5.88. The predicted molar refractivity (Wildman–Crippen MR) is 64.8 cm³/mol. The Morgan fingerprint density at radius 1 is 1.59 bits per heavy atom. The summed E-state index contributed by atoms with van der Waals surface area (Å²) in [4.78, 5) is 17.6. The van der Waals surface area contributed by atoms with Crippen molar-refractivity contribution in [3.8, 4) is 0 Å². The molecule has 1 saturated heterocycles. The second kappa shape index (κ2) is 5.25. The third-order valence-corrected chi connectivity index (χ3v) is 3.24. The zero-order valence-corrected chi connectivity index (χ0v) is 9.80. The Morgan fingerprint density at radius 3 is 3.12 bits per heavy atom. The third kappa shape index (κ3) is 2.62. The van der Waals surface area contributed by atoms with Gasteiger partial charge in [-0.05, 0) is 31.0 Å². The fraction of sp³-hybridized carbons (Fsp3) is 0.500. The van der Waals surface area contributed by atoms with E-state index < -0.39 is 0 Å². The zero-order chi connectivity index (χ0) is 12.3. The molecule has 0 bridgehead atoms. The highest BCUT2D eigenvalue weighted by Gasteiger charge is 2.29. The molecule has 0 aromatic carbocycles. The van der Waals surface area contributed by atoms with Gasteiger partial charge >= 0.3 is 0 Å². The Morgan fingerprint density at radius 2 is 2.41 bits per heavy atom. The van der Waals surface area contributed by atoms with Crippen molar-refractivity contribution in [3.63, 3.8) is 0 Å². The summed E-state index contributed by atoms with van der Waals surface area (Å²) in [7, 11) is 0. The highest BCUT2D eigenvalue weighted by atomic mass is 16.1. The first-order chi connectivity index (χ1) is 8.22. The highest BCUT2D eigenvalue weighted by Crippen LogP contribution is 2.20. The molecule has 1 unspecified atom stereocenters. The molecular formula is C12H18N4O. The lowest BCUT2D eigenvalue weighted by Gasteiger charge is -2.22. The lowest BCUT2D eigenvalue weighted by Crippen LogP contribution is -2.40. The van der Waals surface area contributed by atoms with Gasteiger partial charge in [0.1, 0.15) is 0 Å². The molecule has 5 heteroatoms. The molecule has 5 nitrogen and oxygen atoms in total. The number of rotatable bonds is 4. The van der Waals surface area contributed by atoms with E-state index in [-0.39, 0.29) is 11.9 Å². The summed E-state index contributed by atoms with van der Waals surface area (Å²) in [5, 5.41) is 0. The van der Waals surface area contributed by atoms with Crippen LogP contribution in [0.5, 0.6) is 0 Å². The standard InChI is InChI=1S/C12H18N4O/c13-7-10-9(3-1-5-15-10)8-16-6-2-4-11(16)12(14)17/h1,3,5,11H,2,4,6-8,13H2,(H2,14,17). The molecule has 1 fully saturated rings. The fourth-order valence-electron chi connectivity index (χ4n) is 2.36. The second-order valence-corrected chi connectivity index (χ2v) is 4.34. The van der Waals surface area contributed by atoms with Gasteiger partial charge in [0.25, 0.3) is 0 Å². The van der Waals surface area contributed by atoms with Gasteiger partial charge in [-0.25, -0.2) is 0 Å². The van der Waals surface area contributed by atoms with Crippen molar-refractivity contribution in [1.82, 2.24) is 9.88 Å². The van der Waals surface area contributed by atoms with E-state index in [1.807, 2.05) is 12.1 Å². The molecule has 1 aromatic heterocycles. The maximum atomic E-state index is 11.3. The first-order valence-electron chi connectivity index (χ1n) is 5.88. The number of hydrogen-bond acceptors (Lipinski definition) is 4. The molecule has 0 radical (unpaired) electrons. The van der Waals surface area contributed by atoms with Gasteiger partial charge in [0.15, 0.2) is 0 Å². The van der Waals surface area contributed by atoms with E-state index >= 15 is 0 Å². The molecule has 0 saturated carbocycles. The molecule has 1 atom stereocenters. The van der Waals surface area contributed by atoms with Crippen LogP contribution in [0.2, 0.25) is 0 Å². The summed E-state index contributed by atoms with van der Waals surface area (Å²) in [6.45, 7) is 2.03. The molecule has 92 valence electrons. The second-order valence-electron chi connectivity index (χ2n) is 4.34. The van der Waals surface area contributed by atoms with E-state index in [1.54, 1.807) is 6.20 Å².